The van der Waals surface area contributed by atoms with Crippen LogP contribution in [0.1, 0.15) is 61.1 Å². The standard InChI is InChI=1S/C36H42F5N3O7S/c1-4-52(47,48)30-15-7-23(8-16-30)31(17-18-49-34(46)32(42)22(2)3)43-33(45)24-5-11-26(12-6-24)44-20-29(19-27(44)21-50-35(37)38)51-28-13-9-25(10-14-28)36(39,40)41/h5-16,22,27,29,31-32,35H,4,17-21,42H2,1-3H3,(H,43,45)/t27-,29-,31-,32-/m0/s1. The quantitative estimate of drug-likeness (QED) is 0.130. The van der Waals surface area contributed by atoms with Gasteiger partial charge in [-0.25, -0.2) is 8.42 Å². The fourth-order valence-corrected chi connectivity index (χ4v) is 6.50. The molecule has 0 aromatic heterocycles. The molecule has 0 spiro atoms. The van der Waals surface area contributed by atoms with Crippen LogP contribution < -0.4 is 20.7 Å². The molecule has 0 unspecified atom stereocenters. The molecule has 0 aliphatic carbocycles. The number of rotatable bonds is 16. The average Bonchev–Trinajstić information content (AvgIpc) is 3.52. The average molecular weight is 756 g/mol. The minimum absolute atomic E-state index is 0.0785. The number of esters is 1. The summed E-state index contributed by atoms with van der Waals surface area (Å²) in [6.07, 6.45) is -4.68. The smallest absolute Gasteiger partial charge is 0.416 e. The van der Waals surface area contributed by atoms with E-state index in [9.17, 15) is 40.0 Å². The van der Waals surface area contributed by atoms with Gasteiger partial charge in [-0.15, -0.1) is 0 Å². The minimum Gasteiger partial charge on any atom is -0.489 e. The van der Waals surface area contributed by atoms with Crippen molar-refractivity contribution in [2.24, 2.45) is 11.7 Å². The molecule has 1 fully saturated rings. The Morgan fingerprint density at radius 1 is 0.981 bits per heavy atom. The summed E-state index contributed by atoms with van der Waals surface area (Å²) in [7, 11) is -3.47. The summed E-state index contributed by atoms with van der Waals surface area (Å²) in [6, 6.07) is 14.5. The van der Waals surface area contributed by atoms with Crippen LogP contribution in [-0.4, -0.2) is 70.6 Å². The zero-order valence-corrected chi connectivity index (χ0v) is 29.6. The Balaban J connectivity index is 1.48. The van der Waals surface area contributed by atoms with E-state index in [-0.39, 0.29) is 60.5 Å². The van der Waals surface area contributed by atoms with E-state index in [1.54, 1.807) is 43.0 Å². The maximum Gasteiger partial charge on any atom is 0.416 e. The van der Waals surface area contributed by atoms with Crippen molar-refractivity contribution < 1.29 is 54.2 Å². The van der Waals surface area contributed by atoms with Crippen LogP contribution in [0.25, 0.3) is 0 Å². The highest BCUT2D eigenvalue weighted by molar-refractivity contribution is 7.91. The number of ether oxygens (including phenoxy) is 3. The van der Waals surface area contributed by atoms with E-state index < -0.39 is 64.3 Å². The van der Waals surface area contributed by atoms with Gasteiger partial charge in [0.1, 0.15) is 17.9 Å². The molecule has 1 aliphatic heterocycles. The predicted octanol–water partition coefficient (Wildman–Crippen LogP) is 6.15. The lowest BCUT2D eigenvalue weighted by Gasteiger charge is -2.26. The first-order valence-corrected chi connectivity index (χ1v) is 18.3. The number of nitrogens with two attached hydrogens (primary N) is 1. The van der Waals surface area contributed by atoms with E-state index in [4.69, 9.17) is 15.2 Å². The van der Waals surface area contributed by atoms with Crippen LogP contribution >= 0.6 is 0 Å². The van der Waals surface area contributed by atoms with Gasteiger partial charge in [0.05, 0.1) is 48.1 Å². The van der Waals surface area contributed by atoms with Gasteiger partial charge in [0.25, 0.3) is 5.91 Å². The SMILES string of the molecule is CCS(=O)(=O)c1ccc([C@H](CCOC(=O)[C@@H](N)C(C)C)NC(=O)c2ccc(N3C[C@@H](Oc4ccc(C(F)(F)F)cc4)C[C@H]3COC(F)F)cc2)cc1. The molecule has 0 bridgehead atoms. The molecule has 3 aromatic rings. The molecule has 16 heteroatoms. The number of hydrogen-bond donors (Lipinski definition) is 2. The molecule has 1 saturated heterocycles. The third-order valence-electron chi connectivity index (χ3n) is 8.70. The summed E-state index contributed by atoms with van der Waals surface area (Å²) < 4.78 is 105. The third-order valence-corrected chi connectivity index (χ3v) is 10.5. The molecule has 0 radical (unpaired) electrons. The van der Waals surface area contributed by atoms with Crippen LogP contribution in [0.15, 0.2) is 77.7 Å². The van der Waals surface area contributed by atoms with Crippen molar-refractivity contribution >= 4 is 27.4 Å². The van der Waals surface area contributed by atoms with Crippen LogP contribution in [0.4, 0.5) is 27.6 Å². The van der Waals surface area contributed by atoms with Gasteiger partial charge in [-0.2, -0.15) is 22.0 Å². The summed E-state index contributed by atoms with van der Waals surface area (Å²) in [5.41, 5.74) is 6.44. The molecule has 284 valence electrons. The monoisotopic (exact) mass is 755 g/mol. The summed E-state index contributed by atoms with van der Waals surface area (Å²) in [5, 5.41) is 2.91. The van der Waals surface area contributed by atoms with E-state index in [2.05, 4.69) is 10.1 Å². The highest BCUT2D eigenvalue weighted by Gasteiger charge is 2.35. The lowest BCUT2D eigenvalue weighted by Crippen LogP contribution is -2.37. The van der Waals surface area contributed by atoms with Crippen LogP contribution in [0, 0.1) is 5.92 Å². The zero-order chi connectivity index (χ0) is 38.2. The van der Waals surface area contributed by atoms with E-state index in [1.807, 2.05) is 0 Å². The summed E-state index contributed by atoms with van der Waals surface area (Å²) >= 11 is 0. The van der Waals surface area contributed by atoms with Crippen LogP contribution in [-0.2, 0) is 30.3 Å². The first-order chi connectivity index (χ1) is 24.5. The van der Waals surface area contributed by atoms with Crippen molar-refractivity contribution in [1.82, 2.24) is 5.32 Å². The van der Waals surface area contributed by atoms with Gasteiger partial charge in [-0.3, -0.25) is 9.59 Å². The van der Waals surface area contributed by atoms with Gasteiger partial charge in [-0.05, 0) is 72.1 Å². The molecular formula is C36H42F5N3O7S. The Labute approximate surface area is 299 Å². The van der Waals surface area contributed by atoms with Crippen molar-refractivity contribution in [2.45, 2.75) is 75.5 Å². The maximum absolute atomic E-state index is 13.5. The molecule has 1 heterocycles. The number of carbonyl (C=O) groups excluding carboxylic acids is 2. The second-order valence-electron chi connectivity index (χ2n) is 12.7. The lowest BCUT2D eigenvalue weighted by atomic mass is 10.0. The number of sulfone groups is 1. The Bertz CT molecular complexity index is 1740. The number of nitrogens with zero attached hydrogens (tertiary/aromatic N) is 1. The number of amides is 1. The molecule has 0 saturated carbocycles. The van der Waals surface area contributed by atoms with Crippen LogP contribution in [0.3, 0.4) is 0 Å². The summed E-state index contributed by atoms with van der Waals surface area (Å²) in [6.45, 7) is 1.85. The van der Waals surface area contributed by atoms with Gasteiger partial charge in [0, 0.05) is 24.1 Å². The van der Waals surface area contributed by atoms with E-state index in [1.165, 1.54) is 43.3 Å². The first-order valence-electron chi connectivity index (χ1n) is 16.6. The molecule has 52 heavy (non-hydrogen) atoms. The number of hydrogen-bond acceptors (Lipinski definition) is 9. The molecule has 3 aromatic carbocycles. The van der Waals surface area contributed by atoms with Gasteiger partial charge < -0.3 is 30.2 Å². The second-order valence-corrected chi connectivity index (χ2v) is 14.9. The largest absolute Gasteiger partial charge is 0.489 e. The van der Waals surface area contributed by atoms with E-state index in [0.29, 0.717) is 11.3 Å². The van der Waals surface area contributed by atoms with Gasteiger partial charge in [-0.1, -0.05) is 32.9 Å². The molecule has 3 N–H and O–H groups in total. The molecule has 10 nitrogen and oxygen atoms in total. The number of halogens is 5. The Kier molecular flexibility index (Phi) is 13.6. The zero-order valence-electron chi connectivity index (χ0n) is 28.8. The van der Waals surface area contributed by atoms with Crippen molar-refractivity contribution in [1.29, 1.82) is 0 Å². The fourth-order valence-electron chi connectivity index (χ4n) is 5.62. The van der Waals surface area contributed by atoms with Gasteiger partial charge >= 0.3 is 18.8 Å². The Hall–Kier alpha value is -4.28. The Morgan fingerprint density at radius 2 is 1.62 bits per heavy atom. The summed E-state index contributed by atoms with van der Waals surface area (Å²) in [5.74, 6) is -1.13. The predicted molar refractivity (Wildman–Crippen MR) is 183 cm³/mol. The van der Waals surface area contributed by atoms with Crippen LogP contribution in [0.5, 0.6) is 5.75 Å². The molecule has 1 amide bonds. The third kappa shape index (κ3) is 10.9. The number of anilines is 1. The highest BCUT2D eigenvalue weighted by Crippen LogP contribution is 2.33. The van der Waals surface area contributed by atoms with Crippen molar-refractivity contribution in [2.75, 3.05) is 30.4 Å². The van der Waals surface area contributed by atoms with E-state index in [0.717, 1.165) is 12.1 Å². The maximum atomic E-state index is 13.5. The summed E-state index contributed by atoms with van der Waals surface area (Å²) in [4.78, 5) is 27.7. The molecular weight excluding hydrogens is 713 g/mol. The highest BCUT2D eigenvalue weighted by atomic mass is 32.2. The molecule has 4 atom stereocenters. The van der Waals surface area contributed by atoms with Gasteiger partial charge in [0.2, 0.25) is 0 Å². The van der Waals surface area contributed by atoms with E-state index >= 15 is 0 Å². The fraction of sp³-hybridized carbons (Fsp3) is 0.444. The molecule has 1 aliphatic rings. The van der Waals surface area contributed by atoms with Gasteiger partial charge in [0.15, 0.2) is 9.84 Å². The van der Waals surface area contributed by atoms with Crippen molar-refractivity contribution in [3.63, 3.8) is 0 Å². The number of benzene rings is 3. The number of alkyl halides is 5. The normalized spacial score (nSPS) is 17.6. The van der Waals surface area contributed by atoms with Crippen molar-refractivity contribution in [3.8, 4) is 5.75 Å². The topological polar surface area (TPSA) is 137 Å². The molecule has 4 rings (SSSR count). The number of nitrogens with one attached hydrogen (secondary N) is 1. The minimum atomic E-state index is -4.51. The number of carbonyl (C=O) groups is 2. The van der Waals surface area contributed by atoms with Crippen LogP contribution in [0.2, 0.25) is 0 Å². The first kappa shape index (κ1) is 40.5. The lowest BCUT2D eigenvalue weighted by molar-refractivity contribution is -0.146. The van der Waals surface area contributed by atoms with Crippen molar-refractivity contribution in [3.05, 3.63) is 89.5 Å². The second kappa shape index (κ2) is 17.5. The Morgan fingerprint density at radius 3 is 2.17 bits per heavy atom.